The molecule has 0 unspecified atom stereocenters. The van der Waals surface area contributed by atoms with Crippen LogP contribution in [0.3, 0.4) is 0 Å². The van der Waals surface area contributed by atoms with Crippen molar-refractivity contribution < 1.29 is 13.5 Å². The standard InChI is InChI=1S/C28H26F2N2O/c29-21-13-9-19(10-14-21)28(20-11-15-22(30)16-12-20)33-18-17-31-27-23-5-1-3-7-25(23)32-26-8-4-2-6-24(26)27/h1,3,5,7,9-16,28H,2,4,6,8,17-18H2,(H,31,32). The number of halogens is 2. The third kappa shape index (κ3) is 4.74. The molecule has 1 aliphatic carbocycles. The molecule has 1 N–H and O–H groups in total. The summed E-state index contributed by atoms with van der Waals surface area (Å²) in [4.78, 5) is 4.89. The molecule has 3 nitrogen and oxygen atoms in total. The number of aryl methyl sites for hydroxylation is 1. The Balaban J connectivity index is 1.35. The number of anilines is 1. The van der Waals surface area contributed by atoms with Gasteiger partial charge in [-0.2, -0.15) is 0 Å². The minimum absolute atomic E-state index is 0.299. The van der Waals surface area contributed by atoms with Crippen LogP contribution in [0.4, 0.5) is 14.5 Å². The zero-order valence-electron chi connectivity index (χ0n) is 18.4. The number of nitrogens with one attached hydrogen (secondary N) is 1. The Kier molecular flexibility index (Phi) is 6.31. The summed E-state index contributed by atoms with van der Waals surface area (Å²) < 4.78 is 33.2. The van der Waals surface area contributed by atoms with Gasteiger partial charge in [-0.1, -0.05) is 42.5 Å². The van der Waals surface area contributed by atoms with E-state index >= 15 is 0 Å². The van der Waals surface area contributed by atoms with E-state index in [4.69, 9.17) is 9.72 Å². The highest BCUT2D eigenvalue weighted by molar-refractivity contribution is 5.93. The minimum Gasteiger partial charge on any atom is -0.382 e. The second-order valence-corrected chi connectivity index (χ2v) is 8.42. The molecule has 0 bridgehead atoms. The average molecular weight is 445 g/mol. The summed E-state index contributed by atoms with van der Waals surface area (Å²) in [6.45, 7) is 1.05. The van der Waals surface area contributed by atoms with Crippen LogP contribution in [0.1, 0.15) is 41.3 Å². The van der Waals surface area contributed by atoms with Crippen molar-refractivity contribution in [2.24, 2.45) is 0 Å². The molecular weight excluding hydrogens is 418 g/mol. The summed E-state index contributed by atoms with van der Waals surface area (Å²) >= 11 is 0. The fraction of sp³-hybridized carbons (Fsp3) is 0.250. The van der Waals surface area contributed by atoms with E-state index in [1.165, 1.54) is 48.4 Å². The van der Waals surface area contributed by atoms with Gasteiger partial charge in [-0.05, 0) is 72.7 Å². The van der Waals surface area contributed by atoms with E-state index in [9.17, 15) is 8.78 Å². The lowest BCUT2D eigenvalue weighted by molar-refractivity contribution is 0.0883. The van der Waals surface area contributed by atoms with Gasteiger partial charge in [0.1, 0.15) is 17.7 Å². The number of pyridine rings is 1. The first-order chi connectivity index (χ1) is 16.2. The maximum atomic E-state index is 13.5. The van der Waals surface area contributed by atoms with Gasteiger partial charge in [0.05, 0.1) is 12.1 Å². The third-order valence-electron chi connectivity index (χ3n) is 6.20. The van der Waals surface area contributed by atoms with Gasteiger partial charge in [-0.15, -0.1) is 0 Å². The number of rotatable bonds is 7. The molecule has 1 heterocycles. The van der Waals surface area contributed by atoms with Crippen LogP contribution in [-0.2, 0) is 17.6 Å². The second kappa shape index (κ2) is 9.67. The van der Waals surface area contributed by atoms with Crippen LogP contribution in [-0.4, -0.2) is 18.1 Å². The molecule has 0 saturated heterocycles. The lowest BCUT2D eigenvalue weighted by Crippen LogP contribution is -2.17. The van der Waals surface area contributed by atoms with E-state index in [2.05, 4.69) is 17.4 Å². The van der Waals surface area contributed by atoms with Gasteiger partial charge in [-0.25, -0.2) is 8.78 Å². The third-order valence-corrected chi connectivity index (χ3v) is 6.20. The number of nitrogens with zero attached hydrogens (tertiary/aromatic N) is 1. The molecule has 0 aliphatic heterocycles. The lowest BCUT2D eigenvalue weighted by atomic mass is 9.92. The van der Waals surface area contributed by atoms with E-state index in [1.807, 2.05) is 12.1 Å². The summed E-state index contributed by atoms with van der Waals surface area (Å²) in [5.74, 6) is -0.597. The number of hydrogen-bond donors (Lipinski definition) is 1. The van der Waals surface area contributed by atoms with Gasteiger partial charge in [0.25, 0.3) is 0 Å². The minimum atomic E-state index is -0.406. The number of ether oxygens (including phenoxy) is 1. The molecule has 5 heteroatoms. The van der Waals surface area contributed by atoms with E-state index in [-0.39, 0.29) is 11.6 Å². The molecule has 4 aromatic rings. The van der Waals surface area contributed by atoms with E-state index in [0.717, 1.165) is 40.6 Å². The van der Waals surface area contributed by atoms with Gasteiger partial charge < -0.3 is 10.1 Å². The molecule has 0 fully saturated rings. The predicted molar refractivity (Wildman–Crippen MR) is 127 cm³/mol. The highest BCUT2D eigenvalue weighted by Crippen LogP contribution is 2.33. The monoisotopic (exact) mass is 444 g/mol. The van der Waals surface area contributed by atoms with Crippen molar-refractivity contribution in [2.45, 2.75) is 31.8 Å². The Morgan fingerprint density at radius 3 is 2.15 bits per heavy atom. The molecule has 33 heavy (non-hydrogen) atoms. The summed E-state index contributed by atoms with van der Waals surface area (Å²) in [6, 6.07) is 20.8. The number of aromatic nitrogens is 1. The smallest absolute Gasteiger partial charge is 0.123 e. The van der Waals surface area contributed by atoms with E-state index < -0.39 is 6.10 Å². The zero-order valence-corrected chi connectivity index (χ0v) is 18.4. The van der Waals surface area contributed by atoms with Gasteiger partial charge in [-0.3, -0.25) is 4.98 Å². The first-order valence-corrected chi connectivity index (χ1v) is 11.5. The van der Waals surface area contributed by atoms with Gasteiger partial charge in [0.15, 0.2) is 0 Å². The fourth-order valence-electron chi connectivity index (χ4n) is 4.59. The molecular formula is C28H26F2N2O. The van der Waals surface area contributed by atoms with Crippen molar-refractivity contribution >= 4 is 16.6 Å². The summed E-state index contributed by atoms with van der Waals surface area (Å²) in [5.41, 5.74) is 6.33. The molecule has 3 aromatic carbocycles. The van der Waals surface area contributed by atoms with Gasteiger partial charge >= 0.3 is 0 Å². The second-order valence-electron chi connectivity index (χ2n) is 8.42. The van der Waals surface area contributed by atoms with Crippen molar-refractivity contribution in [1.29, 1.82) is 0 Å². The zero-order chi connectivity index (χ0) is 22.6. The first kappa shape index (κ1) is 21.5. The molecule has 1 aliphatic rings. The van der Waals surface area contributed by atoms with Crippen LogP contribution in [0.15, 0.2) is 72.8 Å². The van der Waals surface area contributed by atoms with E-state index in [1.54, 1.807) is 24.3 Å². The van der Waals surface area contributed by atoms with E-state index in [0.29, 0.717) is 13.2 Å². The Morgan fingerprint density at radius 1 is 0.818 bits per heavy atom. The molecule has 5 rings (SSSR count). The Bertz CT molecular complexity index is 1190. The topological polar surface area (TPSA) is 34.1 Å². The molecule has 0 amide bonds. The van der Waals surface area contributed by atoms with Crippen LogP contribution >= 0.6 is 0 Å². The van der Waals surface area contributed by atoms with Gasteiger partial charge in [0, 0.05) is 23.3 Å². The normalized spacial score (nSPS) is 13.3. The van der Waals surface area contributed by atoms with Crippen molar-refractivity contribution in [3.05, 3.63) is 107 Å². The molecule has 0 atom stereocenters. The van der Waals surface area contributed by atoms with Crippen LogP contribution in [0.25, 0.3) is 10.9 Å². The number of fused-ring (bicyclic) bond motifs is 2. The van der Waals surface area contributed by atoms with Crippen LogP contribution < -0.4 is 5.32 Å². The summed E-state index contributed by atoms with van der Waals surface area (Å²) in [6.07, 6.45) is 4.00. The number of benzene rings is 3. The maximum Gasteiger partial charge on any atom is 0.123 e. The lowest BCUT2D eigenvalue weighted by Gasteiger charge is -2.23. The highest BCUT2D eigenvalue weighted by Gasteiger charge is 2.19. The maximum absolute atomic E-state index is 13.5. The predicted octanol–water partition coefficient (Wildman–Crippen LogP) is 6.61. The Morgan fingerprint density at radius 2 is 1.45 bits per heavy atom. The summed E-state index contributed by atoms with van der Waals surface area (Å²) in [5, 5.41) is 4.74. The Labute approximate surface area is 192 Å². The van der Waals surface area contributed by atoms with Crippen molar-refractivity contribution in [3.8, 4) is 0 Å². The van der Waals surface area contributed by atoms with Crippen molar-refractivity contribution in [2.75, 3.05) is 18.5 Å². The van der Waals surface area contributed by atoms with Crippen LogP contribution in [0, 0.1) is 11.6 Å². The van der Waals surface area contributed by atoms with Crippen molar-refractivity contribution in [1.82, 2.24) is 4.98 Å². The van der Waals surface area contributed by atoms with Crippen LogP contribution in [0.2, 0.25) is 0 Å². The molecule has 0 saturated carbocycles. The Hall–Kier alpha value is -3.31. The quantitative estimate of drug-likeness (QED) is 0.326. The molecule has 168 valence electrons. The molecule has 1 aromatic heterocycles. The molecule has 0 spiro atoms. The molecule has 0 radical (unpaired) electrons. The summed E-state index contributed by atoms with van der Waals surface area (Å²) in [7, 11) is 0. The highest BCUT2D eigenvalue weighted by atomic mass is 19.1. The largest absolute Gasteiger partial charge is 0.382 e. The number of para-hydroxylation sites is 1. The van der Waals surface area contributed by atoms with Crippen LogP contribution in [0.5, 0.6) is 0 Å². The number of hydrogen-bond acceptors (Lipinski definition) is 3. The average Bonchev–Trinajstić information content (AvgIpc) is 2.85. The fourth-order valence-corrected chi connectivity index (χ4v) is 4.59. The van der Waals surface area contributed by atoms with Gasteiger partial charge in [0.2, 0.25) is 0 Å². The first-order valence-electron chi connectivity index (χ1n) is 11.5. The SMILES string of the molecule is Fc1ccc(C(OCCNc2c3c(nc4ccccc24)CCCC3)c2ccc(F)cc2)cc1. The van der Waals surface area contributed by atoms with Crippen molar-refractivity contribution in [3.63, 3.8) is 0 Å².